The van der Waals surface area contributed by atoms with Gasteiger partial charge in [0.25, 0.3) is 0 Å². The summed E-state index contributed by atoms with van der Waals surface area (Å²) in [6.07, 6.45) is -0.740. The lowest BCUT2D eigenvalue weighted by Crippen LogP contribution is -2.55. The smallest absolute Gasteiger partial charge is 0.326 e. The Kier molecular flexibility index (Phi) is 10.6. The van der Waals surface area contributed by atoms with Crippen molar-refractivity contribution < 1.29 is 29.1 Å². The maximum absolute atomic E-state index is 12.2. The highest BCUT2D eigenvalue weighted by molar-refractivity contribution is 5.95. The topological polar surface area (TPSA) is 272 Å². The minimum absolute atomic E-state index is 0.111. The van der Waals surface area contributed by atoms with E-state index in [1.807, 2.05) is 5.32 Å². The molecule has 0 aromatic heterocycles. The summed E-state index contributed by atoms with van der Waals surface area (Å²) >= 11 is 0. The first-order valence-corrected chi connectivity index (χ1v) is 8.15. The van der Waals surface area contributed by atoms with Crippen molar-refractivity contribution in [1.82, 2.24) is 10.6 Å². The number of hydrogen-bond donors (Lipinski definition) is 8. The number of guanidine groups is 1. The maximum atomic E-state index is 12.2. The van der Waals surface area contributed by atoms with Crippen LogP contribution in [0.15, 0.2) is 4.99 Å². The number of aliphatic carboxylic acids is 1. The maximum Gasteiger partial charge on any atom is 0.326 e. The van der Waals surface area contributed by atoms with E-state index in [1.165, 1.54) is 0 Å². The molecule has 0 bridgehead atoms. The van der Waals surface area contributed by atoms with Crippen LogP contribution >= 0.6 is 0 Å². The van der Waals surface area contributed by atoms with Crippen LogP contribution in [0.2, 0.25) is 0 Å². The Hall–Kier alpha value is -3.42. The van der Waals surface area contributed by atoms with E-state index in [4.69, 9.17) is 33.8 Å². The Morgan fingerprint density at radius 3 is 1.82 bits per heavy atom. The second-order valence-electron chi connectivity index (χ2n) is 5.86. The van der Waals surface area contributed by atoms with Gasteiger partial charge >= 0.3 is 5.97 Å². The number of carboxylic acid groups (broad SMARTS) is 1. The molecule has 0 aliphatic rings. The lowest BCUT2D eigenvalue weighted by molar-refractivity contribution is -0.143. The van der Waals surface area contributed by atoms with Crippen LogP contribution in [0, 0.1) is 0 Å². The normalized spacial score (nSPS) is 13.5. The number of nitrogens with zero attached hydrogens (tertiary/aromatic N) is 1. The minimum Gasteiger partial charge on any atom is -0.480 e. The lowest BCUT2D eigenvalue weighted by atomic mass is 10.1. The van der Waals surface area contributed by atoms with Crippen LogP contribution in [-0.2, 0) is 24.0 Å². The summed E-state index contributed by atoms with van der Waals surface area (Å²) in [5, 5.41) is 13.3. The molecule has 28 heavy (non-hydrogen) atoms. The minimum atomic E-state index is -1.63. The van der Waals surface area contributed by atoms with Gasteiger partial charge in [-0.25, -0.2) is 4.79 Å². The molecule has 0 saturated carbocycles. The third-order valence-corrected chi connectivity index (χ3v) is 3.36. The molecule has 158 valence electrons. The monoisotopic (exact) mass is 402 g/mol. The highest BCUT2D eigenvalue weighted by Gasteiger charge is 2.29. The molecular weight excluding hydrogens is 376 g/mol. The fraction of sp³-hybridized carbons (Fsp3) is 0.571. The summed E-state index contributed by atoms with van der Waals surface area (Å²) in [7, 11) is 0. The number of hydrogen-bond acceptors (Lipinski definition) is 7. The Bertz CT molecular complexity index is 633. The largest absolute Gasteiger partial charge is 0.480 e. The molecule has 0 aromatic carbocycles. The van der Waals surface area contributed by atoms with Crippen LogP contribution in [-0.4, -0.2) is 65.3 Å². The molecule has 14 nitrogen and oxygen atoms in total. The Morgan fingerprint density at radius 2 is 1.36 bits per heavy atom. The van der Waals surface area contributed by atoms with E-state index in [0.717, 1.165) is 0 Å². The van der Waals surface area contributed by atoms with Crippen molar-refractivity contribution in [3.8, 4) is 0 Å². The van der Waals surface area contributed by atoms with Gasteiger partial charge in [-0.05, 0) is 12.8 Å². The average molecular weight is 402 g/mol. The van der Waals surface area contributed by atoms with Gasteiger partial charge in [-0.15, -0.1) is 0 Å². The van der Waals surface area contributed by atoms with Crippen LogP contribution in [0.4, 0.5) is 0 Å². The first-order valence-electron chi connectivity index (χ1n) is 8.15. The van der Waals surface area contributed by atoms with Gasteiger partial charge in [-0.1, -0.05) is 0 Å². The summed E-state index contributed by atoms with van der Waals surface area (Å²) in [6, 6.07) is -4.16. The van der Waals surface area contributed by atoms with Crippen LogP contribution in [0.3, 0.4) is 0 Å². The summed E-state index contributed by atoms with van der Waals surface area (Å²) in [5.74, 6) is -5.33. The van der Waals surface area contributed by atoms with Crippen LogP contribution in [0.1, 0.15) is 25.7 Å². The first kappa shape index (κ1) is 24.6. The van der Waals surface area contributed by atoms with Crippen molar-refractivity contribution in [2.75, 3.05) is 6.54 Å². The van der Waals surface area contributed by atoms with Gasteiger partial charge in [0.1, 0.15) is 12.1 Å². The van der Waals surface area contributed by atoms with E-state index in [0.29, 0.717) is 6.42 Å². The molecule has 14 heteroatoms. The lowest BCUT2D eigenvalue weighted by Gasteiger charge is -2.21. The number of amides is 4. The third-order valence-electron chi connectivity index (χ3n) is 3.36. The second kappa shape index (κ2) is 12.1. The molecule has 0 aliphatic carbocycles. The Labute approximate surface area is 160 Å². The van der Waals surface area contributed by atoms with E-state index in [2.05, 4.69) is 10.3 Å². The molecule has 0 fully saturated rings. The van der Waals surface area contributed by atoms with E-state index in [1.54, 1.807) is 0 Å². The number of rotatable bonds is 13. The molecule has 0 aromatic rings. The number of nitrogens with one attached hydrogen (secondary N) is 2. The SMILES string of the molecule is NC(=O)CC(NC(=O)C(CC(N)=O)NC(=O)C(N)CCCN=C(N)N)C(=O)O. The third kappa shape index (κ3) is 10.5. The molecule has 0 rings (SSSR count). The van der Waals surface area contributed by atoms with Gasteiger partial charge < -0.3 is 44.4 Å². The van der Waals surface area contributed by atoms with Crippen molar-refractivity contribution in [3.05, 3.63) is 0 Å². The van der Waals surface area contributed by atoms with Crippen LogP contribution in [0.25, 0.3) is 0 Å². The quantitative estimate of drug-likeness (QED) is 0.0831. The van der Waals surface area contributed by atoms with E-state index in [-0.39, 0.29) is 18.9 Å². The summed E-state index contributed by atoms with van der Waals surface area (Å²) in [5.41, 5.74) is 26.0. The number of carbonyl (C=O) groups excluding carboxylic acids is 4. The summed E-state index contributed by atoms with van der Waals surface area (Å²) in [4.78, 5) is 61.2. The highest BCUT2D eigenvalue weighted by atomic mass is 16.4. The standard InChI is InChI=1S/C14H26N8O6/c15-6(2-1-3-20-14(18)19)11(25)21-7(4-9(16)23)12(26)22-8(13(27)28)5-10(17)24/h6-8H,1-5,15H2,(H2,16,23)(H2,17,24)(H,21,25)(H,22,26)(H,27,28)(H4,18,19,20). The van der Waals surface area contributed by atoms with Crippen LogP contribution in [0.5, 0.6) is 0 Å². The first-order chi connectivity index (χ1) is 12.9. The van der Waals surface area contributed by atoms with Crippen molar-refractivity contribution >= 4 is 35.6 Å². The molecule has 0 heterocycles. The molecule has 3 unspecified atom stereocenters. The highest BCUT2D eigenvalue weighted by Crippen LogP contribution is 2.01. The van der Waals surface area contributed by atoms with Gasteiger partial charge in [0, 0.05) is 6.54 Å². The summed E-state index contributed by atoms with van der Waals surface area (Å²) < 4.78 is 0. The van der Waals surface area contributed by atoms with Crippen molar-refractivity contribution in [2.45, 2.75) is 43.8 Å². The number of carbonyl (C=O) groups is 5. The molecular formula is C14H26N8O6. The zero-order valence-electron chi connectivity index (χ0n) is 15.1. The molecule has 3 atom stereocenters. The van der Waals surface area contributed by atoms with E-state index < -0.39 is 60.6 Å². The predicted molar refractivity (Wildman–Crippen MR) is 97.0 cm³/mol. The fourth-order valence-corrected chi connectivity index (χ4v) is 2.01. The second-order valence-corrected chi connectivity index (χ2v) is 5.86. The predicted octanol–water partition coefficient (Wildman–Crippen LogP) is -4.83. The number of carboxylic acids is 1. The fourth-order valence-electron chi connectivity index (χ4n) is 2.01. The average Bonchev–Trinajstić information content (AvgIpc) is 2.55. The van der Waals surface area contributed by atoms with Crippen LogP contribution < -0.4 is 39.3 Å². The molecule has 0 radical (unpaired) electrons. The van der Waals surface area contributed by atoms with Crippen molar-refractivity contribution in [2.24, 2.45) is 33.7 Å². The number of aliphatic imine (C=N–C) groups is 1. The Morgan fingerprint density at radius 1 is 0.857 bits per heavy atom. The van der Waals surface area contributed by atoms with E-state index >= 15 is 0 Å². The number of primary amides is 2. The molecule has 0 saturated heterocycles. The van der Waals surface area contributed by atoms with Crippen molar-refractivity contribution in [3.63, 3.8) is 0 Å². The zero-order chi connectivity index (χ0) is 21.9. The van der Waals surface area contributed by atoms with Gasteiger partial charge in [0.2, 0.25) is 23.6 Å². The van der Waals surface area contributed by atoms with Gasteiger partial charge in [0.05, 0.1) is 18.9 Å². The van der Waals surface area contributed by atoms with Gasteiger partial charge in [-0.2, -0.15) is 0 Å². The molecule has 0 spiro atoms. The number of nitrogens with two attached hydrogens (primary N) is 5. The van der Waals surface area contributed by atoms with E-state index in [9.17, 15) is 24.0 Å². The zero-order valence-corrected chi connectivity index (χ0v) is 15.1. The molecule has 13 N–H and O–H groups in total. The van der Waals surface area contributed by atoms with Gasteiger partial charge in [0.15, 0.2) is 5.96 Å². The van der Waals surface area contributed by atoms with Crippen molar-refractivity contribution in [1.29, 1.82) is 0 Å². The van der Waals surface area contributed by atoms with Gasteiger partial charge in [-0.3, -0.25) is 24.2 Å². The molecule has 0 aliphatic heterocycles. The molecule has 4 amide bonds. The summed E-state index contributed by atoms with van der Waals surface area (Å²) in [6.45, 7) is 0.238. The Balaban J connectivity index is 4.95.